The van der Waals surface area contributed by atoms with E-state index in [2.05, 4.69) is 15.0 Å². The summed E-state index contributed by atoms with van der Waals surface area (Å²) in [5, 5.41) is 9.50. The zero-order chi connectivity index (χ0) is 13.0. The summed E-state index contributed by atoms with van der Waals surface area (Å²) >= 11 is 7.10. The molecule has 7 heteroatoms. The number of hydrogen-bond donors (Lipinski definition) is 1. The van der Waals surface area contributed by atoms with Crippen molar-refractivity contribution in [3.63, 3.8) is 0 Å². The van der Waals surface area contributed by atoms with E-state index in [1.54, 1.807) is 0 Å². The fraction of sp³-hybridized carbons (Fsp3) is 0.182. The minimum Gasteiger partial charge on any atom is -0.467 e. The number of methoxy groups -OCH3 is 1. The van der Waals surface area contributed by atoms with Crippen molar-refractivity contribution in [1.29, 1.82) is 0 Å². The van der Waals surface area contributed by atoms with Crippen LogP contribution >= 0.6 is 23.4 Å². The Labute approximate surface area is 113 Å². The van der Waals surface area contributed by atoms with Crippen molar-refractivity contribution in [1.82, 2.24) is 15.0 Å². The first-order valence-corrected chi connectivity index (χ1v) is 6.24. The number of aliphatic hydroxyl groups is 1. The smallest absolute Gasteiger partial charge is 0.321 e. The quantitative estimate of drug-likeness (QED) is 0.927. The van der Waals surface area contributed by atoms with E-state index in [0.717, 1.165) is 10.5 Å². The molecule has 1 aromatic heterocycles. The monoisotopic (exact) mass is 283 g/mol. The van der Waals surface area contributed by atoms with Crippen LogP contribution in [0.2, 0.25) is 5.28 Å². The van der Waals surface area contributed by atoms with Crippen LogP contribution in [0.4, 0.5) is 0 Å². The molecule has 0 aliphatic rings. The Bertz CT molecular complexity index is 536. The molecule has 1 aromatic carbocycles. The van der Waals surface area contributed by atoms with E-state index in [4.69, 9.17) is 21.4 Å². The van der Waals surface area contributed by atoms with Crippen molar-refractivity contribution in [2.45, 2.75) is 16.7 Å². The maximum Gasteiger partial charge on any atom is 0.321 e. The molecule has 0 saturated heterocycles. The van der Waals surface area contributed by atoms with Gasteiger partial charge >= 0.3 is 6.01 Å². The SMILES string of the molecule is COc1nc(Cl)nc(Sc2ccc(CO)cc2)n1. The second-order valence-electron chi connectivity index (χ2n) is 3.28. The lowest BCUT2D eigenvalue weighted by atomic mass is 10.2. The van der Waals surface area contributed by atoms with E-state index in [0.29, 0.717) is 5.16 Å². The predicted octanol–water partition coefficient (Wildman–Crippen LogP) is 2.18. The average molecular weight is 284 g/mol. The molecule has 0 unspecified atom stereocenters. The first-order chi connectivity index (χ1) is 8.71. The Morgan fingerprint density at radius 1 is 1.22 bits per heavy atom. The third-order valence-corrected chi connectivity index (χ3v) is 3.11. The van der Waals surface area contributed by atoms with Crippen molar-refractivity contribution in [2.75, 3.05) is 7.11 Å². The third-order valence-electron chi connectivity index (χ3n) is 2.06. The fourth-order valence-electron chi connectivity index (χ4n) is 1.22. The standard InChI is InChI=1S/C11H10ClN3O2S/c1-17-10-13-9(12)14-11(15-10)18-8-4-2-7(6-16)3-5-8/h2-5,16H,6H2,1H3. The highest BCUT2D eigenvalue weighted by atomic mass is 35.5. The van der Waals surface area contributed by atoms with Crippen LogP contribution in [-0.4, -0.2) is 27.2 Å². The lowest BCUT2D eigenvalue weighted by Crippen LogP contribution is -1.96. The maximum absolute atomic E-state index is 8.95. The van der Waals surface area contributed by atoms with Gasteiger partial charge in [-0.3, -0.25) is 0 Å². The summed E-state index contributed by atoms with van der Waals surface area (Å²) in [4.78, 5) is 12.8. The van der Waals surface area contributed by atoms with E-state index < -0.39 is 0 Å². The van der Waals surface area contributed by atoms with Crippen LogP contribution in [0.3, 0.4) is 0 Å². The summed E-state index contributed by atoms with van der Waals surface area (Å²) in [5.41, 5.74) is 0.852. The van der Waals surface area contributed by atoms with Crippen LogP contribution in [0, 0.1) is 0 Å². The normalized spacial score (nSPS) is 10.4. The molecule has 18 heavy (non-hydrogen) atoms. The molecule has 0 radical (unpaired) electrons. The molecule has 0 amide bonds. The van der Waals surface area contributed by atoms with E-state index in [1.165, 1.54) is 18.9 Å². The van der Waals surface area contributed by atoms with Gasteiger partial charge in [-0.15, -0.1) is 0 Å². The summed E-state index contributed by atoms with van der Waals surface area (Å²) in [6.07, 6.45) is 0. The van der Waals surface area contributed by atoms with Crippen LogP contribution in [0.1, 0.15) is 5.56 Å². The van der Waals surface area contributed by atoms with Crippen molar-refractivity contribution >= 4 is 23.4 Å². The molecule has 0 saturated carbocycles. The Balaban J connectivity index is 2.19. The number of benzene rings is 1. The number of rotatable bonds is 4. The number of ether oxygens (including phenoxy) is 1. The van der Waals surface area contributed by atoms with Gasteiger partial charge in [-0.05, 0) is 41.1 Å². The maximum atomic E-state index is 8.95. The molecule has 2 rings (SSSR count). The van der Waals surface area contributed by atoms with Gasteiger partial charge in [0.05, 0.1) is 13.7 Å². The average Bonchev–Trinajstić information content (AvgIpc) is 2.39. The number of hydrogen-bond acceptors (Lipinski definition) is 6. The predicted molar refractivity (Wildman–Crippen MR) is 67.9 cm³/mol. The van der Waals surface area contributed by atoms with Gasteiger partial charge in [-0.2, -0.15) is 15.0 Å². The molecular weight excluding hydrogens is 274 g/mol. The highest BCUT2D eigenvalue weighted by Crippen LogP contribution is 2.26. The first kappa shape index (κ1) is 13.1. The molecule has 0 bridgehead atoms. The van der Waals surface area contributed by atoms with Crippen molar-refractivity contribution in [3.8, 4) is 6.01 Å². The van der Waals surface area contributed by atoms with Crippen LogP contribution in [0.15, 0.2) is 34.3 Å². The number of nitrogens with zero attached hydrogens (tertiary/aromatic N) is 3. The third kappa shape index (κ3) is 3.32. The summed E-state index contributed by atoms with van der Waals surface area (Å²) in [6.45, 7) is 0.0242. The largest absolute Gasteiger partial charge is 0.467 e. The van der Waals surface area contributed by atoms with Crippen LogP contribution < -0.4 is 4.74 Å². The molecule has 0 spiro atoms. The van der Waals surface area contributed by atoms with Gasteiger partial charge in [0, 0.05) is 4.90 Å². The van der Waals surface area contributed by atoms with Gasteiger partial charge in [0.2, 0.25) is 5.28 Å². The van der Waals surface area contributed by atoms with E-state index in [-0.39, 0.29) is 17.9 Å². The molecule has 0 atom stereocenters. The zero-order valence-corrected chi connectivity index (χ0v) is 11.1. The number of aliphatic hydroxyl groups excluding tert-OH is 1. The van der Waals surface area contributed by atoms with Crippen molar-refractivity contribution in [2.24, 2.45) is 0 Å². The van der Waals surface area contributed by atoms with Gasteiger partial charge in [-0.1, -0.05) is 12.1 Å². The molecule has 0 aliphatic heterocycles. The number of aromatic nitrogens is 3. The Hall–Kier alpha value is -1.37. The molecular formula is C11H10ClN3O2S. The molecule has 1 N–H and O–H groups in total. The second-order valence-corrected chi connectivity index (χ2v) is 4.66. The van der Waals surface area contributed by atoms with Gasteiger partial charge in [0.1, 0.15) is 0 Å². The minimum absolute atomic E-state index is 0.0242. The Morgan fingerprint density at radius 2 is 1.94 bits per heavy atom. The lowest BCUT2D eigenvalue weighted by molar-refractivity contribution is 0.282. The van der Waals surface area contributed by atoms with Crippen LogP contribution in [0.5, 0.6) is 6.01 Å². The van der Waals surface area contributed by atoms with E-state index in [9.17, 15) is 0 Å². The van der Waals surface area contributed by atoms with Gasteiger partial charge in [0.15, 0.2) is 5.16 Å². The molecule has 94 valence electrons. The summed E-state index contributed by atoms with van der Waals surface area (Å²) in [5.74, 6) is 0. The van der Waals surface area contributed by atoms with Gasteiger partial charge in [-0.25, -0.2) is 0 Å². The lowest BCUT2D eigenvalue weighted by Gasteiger charge is -2.03. The first-order valence-electron chi connectivity index (χ1n) is 5.04. The Morgan fingerprint density at radius 3 is 2.56 bits per heavy atom. The van der Waals surface area contributed by atoms with E-state index in [1.807, 2.05) is 24.3 Å². The molecule has 1 heterocycles. The molecule has 5 nitrogen and oxygen atoms in total. The fourth-order valence-corrected chi connectivity index (χ4v) is 2.16. The van der Waals surface area contributed by atoms with Crippen molar-refractivity contribution in [3.05, 3.63) is 35.1 Å². The van der Waals surface area contributed by atoms with Crippen LogP contribution in [-0.2, 0) is 6.61 Å². The molecule has 2 aromatic rings. The second kappa shape index (κ2) is 5.99. The van der Waals surface area contributed by atoms with Gasteiger partial charge in [0.25, 0.3) is 0 Å². The van der Waals surface area contributed by atoms with Crippen LogP contribution in [0.25, 0.3) is 0 Å². The topological polar surface area (TPSA) is 68.1 Å². The Kier molecular flexibility index (Phi) is 4.35. The minimum atomic E-state index is 0.0242. The highest BCUT2D eigenvalue weighted by molar-refractivity contribution is 7.99. The molecule has 0 fully saturated rings. The van der Waals surface area contributed by atoms with Gasteiger partial charge < -0.3 is 9.84 Å². The summed E-state index contributed by atoms with van der Waals surface area (Å²) in [6, 6.07) is 7.61. The molecule has 0 aliphatic carbocycles. The summed E-state index contributed by atoms with van der Waals surface area (Å²) < 4.78 is 4.92. The number of halogens is 1. The van der Waals surface area contributed by atoms with E-state index >= 15 is 0 Å². The van der Waals surface area contributed by atoms with Crippen molar-refractivity contribution < 1.29 is 9.84 Å². The summed E-state index contributed by atoms with van der Waals surface area (Å²) in [7, 11) is 1.47. The highest BCUT2D eigenvalue weighted by Gasteiger charge is 2.06. The zero-order valence-electron chi connectivity index (χ0n) is 9.50.